The minimum atomic E-state index is -5.06. The largest absolute Gasteiger partial charge is 0.573 e. The minimum Gasteiger partial charge on any atom is -0.480 e. The molecule has 18 heavy (non-hydrogen) atoms. The minimum absolute atomic E-state index is 0.0789. The Morgan fingerprint density at radius 1 is 1.39 bits per heavy atom. The zero-order valence-electron chi connectivity index (χ0n) is 9.08. The summed E-state index contributed by atoms with van der Waals surface area (Å²) in [5.74, 6) is -1.55. The molecule has 10 heteroatoms. The first kappa shape index (κ1) is 14.8. The lowest BCUT2D eigenvalue weighted by Gasteiger charge is -2.14. The molecule has 102 valence electrons. The maximum Gasteiger partial charge on any atom is 0.573 e. The summed E-state index contributed by atoms with van der Waals surface area (Å²) in [5, 5.41) is 0. The summed E-state index contributed by atoms with van der Waals surface area (Å²) < 4.78 is 67.1. The molecule has 0 spiro atoms. The summed E-state index contributed by atoms with van der Waals surface area (Å²) in [6, 6.07) is 0.797. The second-order valence-corrected chi connectivity index (χ2v) is 5.59. The fourth-order valence-electron chi connectivity index (χ4n) is 1.17. The van der Waals surface area contributed by atoms with Crippen molar-refractivity contribution in [2.45, 2.75) is 18.2 Å². The fraction of sp³-hybridized carbons (Fsp3) is 0.375. The lowest BCUT2D eigenvalue weighted by Crippen LogP contribution is -2.19. The quantitative estimate of drug-likeness (QED) is 0.801. The number of ether oxygens (including phenoxy) is 2. The molecule has 1 rings (SSSR count). The highest BCUT2D eigenvalue weighted by Crippen LogP contribution is 2.37. The molecule has 0 saturated carbocycles. The Morgan fingerprint density at radius 3 is 2.33 bits per heavy atom. The molecule has 0 aromatic carbocycles. The van der Waals surface area contributed by atoms with E-state index in [0.717, 1.165) is 13.2 Å². The maximum absolute atomic E-state index is 12.2. The van der Waals surface area contributed by atoms with E-state index in [1.807, 2.05) is 0 Å². The van der Waals surface area contributed by atoms with Gasteiger partial charge in [-0.2, -0.15) is 0 Å². The first-order valence-corrected chi connectivity index (χ1v) is 6.61. The van der Waals surface area contributed by atoms with Gasteiger partial charge in [-0.1, -0.05) is 0 Å². The number of hydrogen-bond donors (Lipinski definition) is 0. The number of aryl methyl sites for hydroxylation is 1. The van der Waals surface area contributed by atoms with Crippen LogP contribution >= 0.6 is 10.7 Å². The third kappa shape index (κ3) is 3.64. The third-order valence-electron chi connectivity index (χ3n) is 1.70. The second kappa shape index (κ2) is 4.81. The SMILES string of the molecule is COc1nc(C)cc(OC(F)(F)F)c1S(=O)(=O)Cl. The summed E-state index contributed by atoms with van der Waals surface area (Å²) in [4.78, 5) is 2.65. The molecule has 0 aliphatic heterocycles. The predicted molar refractivity (Wildman–Crippen MR) is 55.2 cm³/mol. The van der Waals surface area contributed by atoms with Gasteiger partial charge in [0.25, 0.3) is 9.05 Å². The Bertz CT molecular complexity index is 558. The first-order chi connectivity index (χ1) is 8.04. The lowest BCUT2D eigenvalue weighted by atomic mass is 10.3. The molecular weight excluding hydrogens is 299 g/mol. The molecule has 0 bridgehead atoms. The second-order valence-electron chi connectivity index (χ2n) is 3.09. The molecule has 1 aromatic heterocycles. The van der Waals surface area contributed by atoms with Crippen LogP contribution in [0.3, 0.4) is 0 Å². The van der Waals surface area contributed by atoms with Crippen molar-refractivity contribution in [3.63, 3.8) is 0 Å². The third-order valence-corrected chi connectivity index (χ3v) is 3.03. The van der Waals surface area contributed by atoms with Gasteiger partial charge in [0.15, 0.2) is 10.6 Å². The van der Waals surface area contributed by atoms with Gasteiger partial charge in [0.1, 0.15) is 0 Å². The number of hydrogen-bond acceptors (Lipinski definition) is 5. The molecule has 0 N–H and O–H groups in total. The average Bonchev–Trinajstić information content (AvgIpc) is 2.11. The van der Waals surface area contributed by atoms with Crippen molar-refractivity contribution in [1.29, 1.82) is 0 Å². The Balaban J connectivity index is 3.53. The normalized spacial score (nSPS) is 12.3. The van der Waals surface area contributed by atoms with E-state index in [4.69, 9.17) is 10.7 Å². The monoisotopic (exact) mass is 305 g/mol. The zero-order chi connectivity index (χ0) is 14.1. The van der Waals surface area contributed by atoms with E-state index in [1.54, 1.807) is 0 Å². The van der Waals surface area contributed by atoms with E-state index < -0.39 is 31.9 Å². The highest BCUT2D eigenvalue weighted by molar-refractivity contribution is 8.13. The topological polar surface area (TPSA) is 65.5 Å². The molecule has 1 heterocycles. The molecule has 0 saturated heterocycles. The van der Waals surface area contributed by atoms with Crippen LogP contribution in [0.2, 0.25) is 0 Å². The highest BCUT2D eigenvalue weighted by Gasteiger charge is 2.36. The number of rotatable bonds is 3. The number of alkyl halides is 3. The Hall–Kier alpha value is -1.22. The summed E-state index contributed by atoms with van der Waals surface area (Å²) >= 11 is 0. The van der Waals surface area contributed by atoms with Gasteiger partial charge in [-0.15, -0.1) is 13.2 Å². The Morgan fingerprint density at radius 2 is 1.94 bits per heavy atom. The van der Waals surface area contributed by atoms with Crippen molar-refractivity contribution in [2.75, 3.05) is 7.11 Å². The molecule has 0 radical (unpaired) electrons. The van der Waals surface area contributed by atoms with Crippen LogP contribution in [0.5, 0.6) is 11.6 Å². The summed E-state index contributed by atoms with van der Waals surface area (Å²) in [5.41, 5.74) is 0.0789. The van der Waals surface area contributed by atoms with Crippen LogP contribution in [0.15, 0.2) is 11.0 Å². The fourth-order valence-corrected chi connectivity index (χ4v) is 2.27. The van der Waals surface area contributed by atoms with Gasteiger partial charge in [-0.25, -0.2) is 13.4 Å². The molecule has 0 aliphatic carbocycles. The van der Waals surface area contributed by atoms with Gasteiger partial charge in [0.05, 0.1) is 7.11 Å². The zero-order valence-corrected chi connectivity index (χ0v) is 10.7. The molecular formula is C8H7ClF3NO4S. The van der Waals surface area contributed by atoms with E-state index in [9.17, 15) is 21.6 Å². The summed E-state index contributed by atoms with van der Waals surface area (Å²) in [6.45, 7) is 1.34. The predicted octanol–water partition coefficient (Wildman–Crippen LogP) is 2.22. The van der Waals surface area contributed by atoms with Gasteiger partial charge in [-0.05, 0) is 6.92 Å². The molecule has 0 aliphatic rings. The summed E-state index contributed by atoms with van der Waals surface area (Å²) in [6.07, 6.45) is -5.06. The first-order valence-electron chi connectivity index (χ1n) is 4.30. The van der Waals surface area contributed by atoms with Crippen LogP contribution in [-0.2, 0) is 9.05 Å². The van der Waals surface area contributed by atoms with E-state index >= 15 is 0 Å². The molecule has 5 nitrogen and oxygen atoms in total. The van der Waals surface area contributed by atoms with Crippen LogP contribution in [0.4, 0.5) is 13.2 Å². The van der Waals surface area contributed by atoms with E-state index in [2.05, 4.69) is 14.5 Å². The van der Waals surface area contributed by atoms with Crippen LogP contribution in [0.1, 0.15) is 5.69 Å². The van der Waals surface area contributed by atoms with Crippen molar-refractivity contribution in [2.24, 2.45) is 0 Å². The summed E-state index contributed by atoms with van der Waals surface area (Å²) in [7, 11) is 1.57. The van der Waals surface area contributed by atoms with Gasteiger partial charge < -0.3 is 9.47 Å². The van der Waals surface area contributed by atoms with Crippen molar-refractivity contribution in [3.8, 4) is 11.6 Å². The number of methoxy groups -OCH3 is 1. The van der Waals surface area contributed by atoms with Crippen LogP contribution < -0.4 is 9.47 Å². The average molecular weight is 306 g/mol. The molecule has 0 atom stereocenters. The van der Waals surface area contributed by atoms with Crippen molar-refractivity contribution in [3.05, 3.63) is 11.8 Å². The van der Waals surface area contributed by atoms with Gasteiger partial charge >= 0.3 is 6.36 Å². The number of aromatic nitrogens is 1. The number of pyridine rings is 1. The smallest absolute Gasteiger partial charge is 0.480 e. The van der Waals surface area contributed by atoms with Gasteiger partial charge in [0, 0.05) is 22.4 Å². The lowest BCUT2D eigenvalue weighted by molar-refractivity contribution is -0.275. The van der Waals surface area contributed by atoms with E-state index in [-0.39, 0.29) is 5.69 Å². The molecule has 0 fully saturated rings. The van der Waals surface area contributed by atoms with Crippen molar-refractivity contribution in [1.82, 2.24) is 4.98 Å². The van der Waals surface area contributed by atoms with E-state index in [1.165, 1.54) is 6.92 Å². The van der Waals surface area contributed by atoms with Crippen molar-refractivity contribution >= 4 is 19.7 Å². The number of nitrogens with zero attached hydrogens (tertiary/aromatic N) is 1. The standard InChI is InChI=1S/C8H7ClF3NO4S/c1-4-3-5(17-8(10,11)12)6(18(9,14)15)7(13-4)16-2/h3H,1-2H3. The molecule has 0 unspecified atom stereocenters. The Kier molecular flexibility index (Phi) is 3.96. The van der Waals surface area contributed by atoms with Crippen molar-refractivity contribution < 1.29 is 31.1 Å². The van der Waals surface area contributed by atoms with Gasteiger partial charge in [0.2, 0.25) is 5.88 Å². The van der Waals surface area contributed by atoms with Crippen LogP contribution in [-0.4, -0.2) is 26.9 Å². The molecule has 1 aromatic rings. The Labute approximate surface area is 105 Å². The van der Waals surface area contributed by atoms with Gasteiger partial charge in [-0.3, -0.25) is 0 Å². The maximum atomic E-state index is 12.2. The number of halogens is 4. The highest BCUT2D eigenvalue weighted by atomic mass is 35.7. The van der Waals surface area contributed by atoms with Crippen LogP contribution in [0.25, 0.3) is 0 Å². The molecule has 0 amide bonds. The van der Waals surface area contributed by atoms with Crippen LogP contribution in [0, 0.1) is 6.92 Å². The van der Waals surface area contributed by atoms with E-state index in [0.29, 0.717) is 0 Å².